The van der Waals surface area contributed by atoms with Crippen LogP contribution >= 0.6 is 0 Å². The Morgan fingerprint density at radius 2 is 2.08 bits per heavy atom. The highest BCUT2D eigenvalue weighted by molar-refractivity contribution is 5.94. The minimum atomic E-state index is -0.914. The average molecular weight is 358 g/mol. The van der Waals surface area contributed by atoms with Gasteiger partial charge in [0.1, 0.15) is 11.5 Å². The molecule has 0 aliphatic heterocycles. The van der Waals surface area contributed by atoms with Crippen LogP contribution in [0.3, 0.4) is 0 Å². The number of fused-ring (bicyclic) bond motifs is 1. The fourth-order valence-electron chi connectivity index (χ4n) is 2.93. The zero-order valence-corrected chi connectivity index (χ0v) is 14.9. The van der Waals surface area contributed by atoms with Crippen LogP contribution in [0.2, 0.25) is 0 Å². The van der Waals surface area contributed by atoms with Crippen LogP contribution in [0, 0.1) is 6.92 Å². The third kappa shape index (κ3) is 4.41. The van der Waals surface area contributed by atoms with Crippen LogP contribution < -0.4 is 10.1 Å². The fraction of sp³-hybridized carbons (Fsp3) is 0.421. The highest BCUT2D eigenvalue weighted by Crippen LogP contribution is 2.26. The minimum absolute atomic E-state index is 0.244. The standard InChI is InChI=1S/C19H22N2O5/c1-3-16(19(23)20-17-9-12(2)26-21-17)25-18(22)11-24-15-8-7-13-5-4-6-14(13)10-15/h7-10,16H,3-6,11H2,1-2H3,(H,20,21,23). The average Bonchev–Trinajstić information content (AvgIpc) is 3.25. The van der Waals surface area contributed by atoms with Crippen molar-refractivity contribution in [2.24, 2.45) is 0 Å². The number of ether oxygens (including phenoxy) is 2. The highest BCUT2D eigenvalue weighted by atomic mass is 16.6. The van der Waals surface area contributed by atoms with E-state index in [1.54, 1.807) is 19.9 Å². The highest BCUT2D eigenvalue weighted by Gasteiger charge is 2.22. The lowest BCUT2D eigenvalue weighted by molar-refractivity contribution is -0.156. The van der Waals surface area contributed by atoms with E-state index in [2.05, 4.69) is 10.5 Å². The molecule has 0 fully saturated rings. The lowest BCUT2D eigenvalue weighted by Crippen LogP contribution is -2.33. The van der Waals surface area contributed by atoms with Crippen LogP contribution in [-0.2, 0) is 27.2 Å². The molecule has 0 saturated carbocycles. The van der Waals surface area contributed by atoms with E-state index >= 15 is 0 Å². The number of carbonyl (C=O) groups excluding carboxylic acids is 2. The van der Waals surface area contributed by atoms with Crippen molar-refractivity contribution in [1.82, 2.24) is 5.16 Å². The first-order valence-electron chi connectivity index (χ1n) is 8.73. The molecule has 0 bridgehead atoms. The molecule has 1 unspecified atom stereocenters. The summed E-state index contributed by atoms with van der Waals surface area (Å²) in [6.45, 7) is 3.23. The van der Waals surface area contributed by atoms with E-state index in [-0.39, 0.29) is 12.4 Å². The largest absolute Gasteiger partial charge is 0.482 e. The second-order valence-electron chi connectivity index (χ2n) is 6.27. The van der Waals surface area contributed by atoms with Crippen molar-refractivity contribution in [3.63, 3.8) is 0 Å². The number of esters is 1. The Kier molecular flexibility index (Phi) is 5.55. The smallest absolute Gasteiger partial charge is 0.344 e. The van der Waals surface area contributed by atoms with E-state index in [1.165, 1.54) is 11.1 Å². The summed E-state index contributed by atoms with van der Waals surface area (Å²) >= 11 is 0. The Morgan fingerprint density at radius 1 is 1.27 bits per heavy atom. The summed E-state index contributed by atoms with van der Waals surface area (Å²) in [6, 6.07) is 7.44. The van der Waals surface area contributed by atoms with Crippen LogP contribution in [0.25, 0.3) is 0 Å². The summed E-state index contributed by atoms with van der Waals surface area (Å²) in [5.74, 6) is 0.457. The number of nitrogens with zero attached hydrogens (tertiary/aromatic N) is 1. The Hall–Kier alpha value is -2.83. The van der Waals surface area contributed by atoms with Crippen LogP contribution in [0.1, 0.15) is 36.7 Å². The topological polar surface area (TPSA) is 90.7 Å². The number of hydrogen-bond acceptors (Lipinski definition) is 6. The number of hydrogen-bond donors (Lipinski definition) is 1. The predicted octanol–water partition coefficient (Wildman–Crippen LogP) is 2.81. The molecule has 0 saturated heterocycles. The van der Waals surface area contributed by atoms with Gasteiger partial charge < -0.3 is 19.3 Å². The number of aromatic nitrogens is 1. The monoisotopic (exact) mass is 358 g/mol. The maximum atomic E-state index is 12.2. The van der Waals surface area contributed by atoms with Gasteiger partial charge in [-0.1, -0.05) is 18.1 Å². The number of benzene rings is 1. The SMILES string of the molecule is CCC(OC(=O)COc1ccc2c(c1)CCC2)C(=O)Nc1cc(C)on1. The van der Waals surface area contributed by atoms with Crippen LogP contribution in [0.15, 0.2) is 28.8 Å². The molecule has 1 aromatic heterocycles. The van der Waals surface area contributed by atoms with E-state index in [0.29, 0.717) is 17.9 Å². The summed E-state index contributed by atoms with van der Waals surface area (Å²) in [6.07, 6.45) is 2.71. The summed E-state index contributed by atoms with van der Waals surface area (Å²) in [7, 11) is 0. The van der Waals surface area contributed by atoms with Gasteiger partial charge in [-0.25, -0.2) is 4.79 Å². The second kappa shape index (κ2) is 8.03. The Bertz CT molecular complexity index is 799. The van der Waals surface area contributed by atoms with E-state index in [0.717, 1.165) is 19.3 Å². The maximum absolute atomic E-state index is 12.2. The Labute approximate surface area is 151 Å². The normalized spacial score (nSPS) is 13.8. The molecule has 1 aromatic carbocycles. The van der Waals surface area contributed by atoms with E-state index in [1.807, 2.05) is 18.2 Å². The third-order valence-electron chi connectivity index (χ3n) is 4.24. The van der Waals surface area contributed by atoms with Gasteiger partial charge in [0.2, 0.25) is 0 Å². The first kappa shape index (κ1) is 18.0. The molecule has 1 heterocycles. The second-order valence-corrected chi connectivity index (χ2v) is 6.27. The molecule has 138 valence electrons. The summed E-state index contributed by atoms with van der Waals surface area (Å²) in [5, 5.41) is 6.24. The summed E-state index contributed by atoms with van der Waals surface area (Å²) < 4.78 is 15.6. The van der Waals surface area contributed by atoms with Crippen molar-refractivity contribution in [3.05, 3.63) is 41.2 Å². The third-order valence-corrected chi connectivity index (χ3v) is 4.24. The molecule has 3 rings (SSSR count). The molecule has 0 radical (unpaired) electrons. The zero-order valence-electron chi connectivity index (χ0n) is 14.9. The Morgan fingerprint density at radius 3 is 2.81 bits per heavy atom. The van der Waals surface area contributed by atoms with Crippen molar-refractivity contribution in [1.29, 1.82) is 0 Å². The van der Waals surface area contributed by atoms with Crippen molar-refractivity contribution in [2.75, 3.05) is 11.9 Å². The van der Waals surface area contributed by atoms with Gasteiger partial charge in [0.15, 0.2) is 18.5 Å². The number of nitrogens with one attached hydrogen (secondary N) is 1. The van der Waals surface area contributed by atoms with E-state index in [4.69, 9.17) is 14.0 Å². The van der Waals surface area contributed by atoms with Crippen molar-refractivity contribution in [3.8, 4) is 5.75 Å². The van der Waals surface area contributed by atoms with Gasteiger partial charge in [0.25, 0.3) is 5.91 Å². The molecule has 2 aromatic rings. The first-order valence-corrected chi connectivity index (χ1v) is 8.73. The van der Waals surface area contributed by atoms with Gasteiger partial charge in [-0.15, -0.1) is 0 Å². The van der Waals surface area contributed by atoms with E-state index < -0.39 is 18.0 Å². The van der Waals surface area contributed by atoms with E-state index in [9.17, 15) is 9.59 Å². The predicted molar refractivity (Wildman–Crippen MR) is 94.0 cm³/mol. The molecule has 7 nitrogen and oxygen atoms in total. The first-order chi connectivity index (χ1) is 12.5. The number of carbonyl (C=O) groups is 2. The number of aryl methyl sites for hydroxylation is 3. The van der Waals surface area contributed by atoms with Crippen LogP contribution in [0.5, 0.6) is 5.75 Å². The molecule has 1 amide bonds. The van der Waals surface area contributed by atoms with Crippen molar-refractivity contribution >= 4 is 17.7 Å². The molecule has 7 heteroatoms. The molecule has 0 spiro atoms. The van der Waals surface area contributed by atoms with Crippen molar-refractivity contribution in [2.45, 2.75) is 45.6 Å². The number of rotatable bonds is 7. The maximum Gasteiger partial charge on any atom is 0.344 e. The Balaban J connectivity index is 1.50. The molecule has 1 aliphatic carbocycles. The van der Waals surface area contributed by atoms with Gasteiger partial charge in [0.05, 0.1) is 0 Å². The molecular weight excluding hydrogens is 336 g/mol. The van der Waals surface area contributed by atoms with Gasteiger partial charge in [0, 0.05) is 6.07 Å². The number of anilines is 1. The molecular formula is C19H22N2O5. The molecule has 1 aliphatic rings. The van der Waals surface area contributed by atoms with Gasteiger partial charge >= 0.3 is 5.97 Å². The van der Waals surface area contributed by atoms with Gasteiger partial charge in [-0.3, -0.25) is 4.79 Å². The molecule has 1 N–H and O–H groups in total. The fourth-order valence-corrected chi connectivity index (χ4v) is 2.93. The lowest BCUT2D eigenvalue weighted by Gasteiger charge is -2.15. The van der Waals surface area contributed by atoms with Gasteiger partial charge in [-0.2, -0.15) is 0 Å². The van der Waals surface area contributed by atoms with Crippen LogP contribution in [-0.4, -0.2) is 29.7 Å². The lowest BCUT2D eigenvalue weighted by atomic mass is 10.1. The zero-order chi connectivity index (χ0) is 18.5. The minimum Gasteiger partial charge on any atom is -0.482 e. The van der Waals surface area contributed by atoms with Crippen molar-refractivity contribution < 1.29 is 23.6 Å². The molecule has 26 heavy (non-hydrogen) atoms. The molecule has 1 atom stereocenters. The van der Waals surface area contributed by atoms with Crippen LogP contribution in [0.4, 0.5) is 5.82 Å². The van der Waals surface area contributed by atoms with Gasteiger partial charge in [-0.05, 0) is 55.9 Å². The summed E-state index contributed by atoms with van der Waals surface area (Å²) in [5.41, 5.74) is 2.61. The quantitative estimate of drug-likeness (QED) is 0.766. The summed E-state index contributed by atoms with van der Waals surface area (Å²) in [4.78, 5) is 24.2. The number of amides is 1.